The van der Waals surface area contributed by atoms with Gasteiger partial charge in [-0.05, 0) is 49.1 Å². The number of benzene rings is 1. The summed E-state index contributed by atoms with van der Waals surface area (Å²) in [7, 11) is 3.90. The Bertz CT molecular complexity index is 939. The Morgan fingerprint density at radius 3 is 2.73 bits per heavy atom. The lowest BCUT2D eigenvalue weighted by Crippen LogP contribution is -2.41. The van der Waals surface area contributed by atoms with Crippen LogP contribution in [-0.4, -0.2) is 52.4 Å². The van der Waals surface area contributed by atoms with Gasteiger partial charge in [-0.3, -0.25) is 0 Å². The highest BCUT2D eigenvalue weighted by molar-refractivity contribution is 7.09. The van der Waals surface area contributed by atoms with Gasteiger partial charge in [0, 0.05) is 25.5 Å². The van der Waals surface area contributed by atoms with Crippen molar-refractivity contribution in [1.29, 1.82) is 0 Å². The van der Waals surface area contributed by atoms with Crippen molar-refractivity contribution < 1.29 is 9.13 Å². The second kappa shape index (κ2) is 10.7. The molecule has 0 radical (unpaired) electrons. The second-order valence-electron chi connectivity index (χ2n) is 6.84. The minimum absolute atomic E-state index is 0.275. The third kappa shape index (κ3) is 6.28. The van der Waals surface area contributed by atoms with Gasteiger partial charge in [0.05, 0.1) is 6.54 Å². The van der Waals surface area contributed by atoms with Gasteiger partial charge in [-0.2, -0.15) is 0 Å². The zero-order valence-corrected chi connectivity index (χ0v) is 18.3. The summed E-state index contributed by atoms with van der Waals surface area (Å²) in [6, 6.07) is 10.2. The van der Waals surface area contributed by atoms with E-state index in [9.17, 15) is 4.39 Å². The van der Waals surface area contributed by atoms with Gasteiger partial charge >= 0.3 is 0 Å². The number of thiophene rings is 1. The molecular weight excluding hydrogens is 403 g/mol. The zero-order valence-electron chi connectivity index (χ0n) is 17.5. The third-order valence-electron chi connectivity index (χ3n) is 4.66. The quantitative estimate of drug-likeness (QED) is 0.418. The van der Waals surface area contributed by atoms with E-state index in [4.69, 9.17) is 9.73 Å². The van der Waals surface area contributed by atoms with E-state index >= 15 is 0 Å². The molecule has 9 heteroatoms. The highest BCUT2D eigenvalue weighted by Gasteiger charge is 2.09. The van der Waals surface area contributed by atoms with E-state index in [1.807, 2.05) is 30.5 Å². The molecule has 160 valence electrons. The number of hydrogen-bond acceptors (Lipinski definition) is 5. The minimum Gasteiger partial charge on any atom is -0.492 e. The van der Waals surface area contributed by atoms with E-state index < -0.39 is 0 Å². The number of aromatic nitrogens is 3. The number of halogens is 1. The number of nitrogens with one attached hydrogen (secondary N) is 1. The van der Waals surface area contributed by atoms with Gasteiger partial charge in [0.15, 0.2) is 11.8 Å². The first-order valence-corrected chi connectivity index (χ1v) is 10.7. The van der Waals surface area contributed by atoms with Gasteiger partial charge < -0.3 is 19.5 Å². The molecule has 3 rings (SSSR count). The van der Waals surface area contributed by atoms with Gasteiger partial charge in [-0.15, -0.1) is 21.5 Å². The Labute approximate surface area is 180 Å². The van der Waals surface area contributed by atoms with Crippen molar-refractivity contribution in [3.8, 4) is 5.75 Å². The zero-order chi connectivity index (χ0) is 21.3. The van der Waals surface area contributed by atoms with Crippen LogP contribution in [0.15, 0.2) is 46.8 Å². The maximum absolute atomic E-state index is 13.0. The molecule has 30 heavy (non-hydrogen) atoms. The van der Waals surface area contributed by atoms with Gasteiger partial charge in [-0.1, -0.05) is 6.07 Å². The van der Waals surface area contributed by atoms with Gasteiger partial charge in [0.1, 0.15) is 30.5 Å². The molecule has 0 fully saturated rings. The Hall–Kier alpha value is -2.94. The van der Waals surface area contributed by atoms with Crippen molar-refractivity contribution in [2.24, 2.45) is 12.0 Å². The molecule has 1 N–H and O–H groups in total. The minimum atomic E-state index is -0.275. The molecule has 0 aliphatic rings. The van der Waals surface area contributed by atoms with Crippen LogP contribution in [0.1, 0.15) is 16.5 Å². The fourth-order valence-corrected chi connectivity index (χ4v) is 3.44. The lowest BCUT2D eigenvalue weighted by molar-refractivity contribution is 0.281. The smallest absolute Gasteiger partial charge is 0.194 e. The number of aryl methyl sites for hydroxylation is 1. The van der Waals surface area contributed by atoms with Crippen molar-refractivity contribution >= 4 is 17.3 Å². The highest BCUT2D eigenvalue weighted by atomic mass is 32.1. The van der Waals surface area contributed by atoms with E-state index in [1.165, 1.54) is 17.0 Å². The van der Waals surface area contributed by atoms with Crippen molar-refractivity contribution in [1.82, 2.24) is 25.0 Å². The van der Waals surface area contributed by atoms with E-state index in [0.717, 1.165) is 30.6 Å². The highest BCUT2D eigenvalue weighted by Crippen LogP contribution is 2.11. The Balaban J connectivity index is 1.58. The van der Waals surface area contributed by atoms with E-state index in [1.54, 1.807) is 23.5 Å². The molecule has 0 aliphatic heterocycles. The summed E-state index contributed by atoms with van der Waals surface area (Å²) in [4.78, 5) is 8.07. The fourth-order valence-electron chi connectivity index (χ4n) is 2.74. The number of aliphatic imine (C=N–C) groups is 1. The molecule has 3 aromatic rings. The average molecular weight is 431 g/mol. The Kier molecular flexibility index (Phi) is 7.78. The van der Waals surface area contributed by atoms with Crippen LogP contribution in [0.5, 0.6) is 5.75 Å². The van der Waals surface area contributed by atoms with Crippen LogP contribution in [0.2, 0.25) is 0 Å². The predicted octanol–water partition coefficient (Wildman–Crippen LogP) is 3.02. The molecule has 0 saturated heterocycles. The van der Waals surface area contributed by atoms with Crippen LogP contribution in [0.4, 0.5) is 4.39 Å². The van der Waals surface area contributed by atoms with Crippen LogP contribution in [-0.2, 0) is 20.0 Å². The first-order valence-electron chi connectivity index (χ1n) is 9.78. The Morgan fingerprint density at radius 1 is 1.27 bits per heavy atom. The summed E-state index contributed by atoms with van der Waals surface area (Å²) in [5.74, 6) is 2.80. The largest absolute Gasteiger partial charge is 0.492 e. The van der Waals surface area contributed by atoms with Crippen LogP contribution in [0.25, 0.3) is 0 Å². The molecule has 0 saturated carbocycles. The molecule has 2 heterocycles. The summed E-state index contributed by atoms with van der Waals surface area (Å²) in [6.45, 7) is 4.21. The molecule has 0 aliphatic carbocycles. The fraction of sp³-hybridized carbons (Fsp3) is 0.381. The van der Waals surface area contributed by atoms with Crippen molar-refractivity contribution in [3.63, 3.8) is 0 Å². The maximum atomic E-state index is 13.0. The average Bonchev–Trinajstić information content (AvgIpc) is 3.37. The molecule has 1 aromatic carbocycles. The monoisotopic (exact) mass is 430 g/mol. The topological polar surface area (TPSA) is 67.6 Å². The van der Waals surface area contributed by atoms with Crippen LogP contribution >= 0.6 is 11.3 Å². The molecule has 7 nitrogen and oxygen atoms in total. The number of likely N-dealkylation sites (N-methyl/N-ethyl adjacent to an activating group) is 1. The number of hydrogen-bond donors (Lipinski definition) is 1. The van der Waals surface area contributed by atoms with Gasteiger partial charge in [-0.25, -0.2) is 9.38 Å². The first-order chi connectivity index (χ1) is 14.5. The summed E-state index contributed by atoms with van der Waals surface area (Å²) in [5, 5.41) is 13.8. The maximum Gasteiger partial charge on any atom is 0.194 e. The van der Waals surface area contributed by atoms with Gasteiger partial charge in [0.2, 0.25) is 0 Å². The molecule has 0 atom stereocenters. The van der Waals surface area contributed by atoms with E-state index in [-0.39, 0.29) is 5.82 Å². The normalized spacial score (nSPS) is 11.5. The predicted molar refractivity (Wildman–Crippen MR) is 117 cm³/mol. The third-order valence-corrected chi connectivity index (χ3v) is 5.59. The number of ether oxygens (including phenoxy) is 1. The Morgan fingerprint density at radius 2 is 2.07 bits per heavy atom. The molecule has 0 bridgehead atoms. The molecule has 0 spiro atoms. The summed E-state index contributed by atoms with van der Waals surface area (Å²) in [6.07, 6.45) is 0.930. The van der Waals surface area contributed by atoms with E-state index in [0.29, 0.717) is 25.4 Å². The van der Waals surface area contributed by atoms with Crippen LogP contribution in [0, 0.1) is 12.7 Å². The molecular formula is C21H27FN6OS. The number of nitrogens with zero attached hydrogens (tertiary/aromatic N) is 5. The van der Waals surface area contributed by atoms with E-state index in [2.05, 4.69) is 33.0 Å². The van der Waals surface area contributed by atoms with Crippen LogP contribution < -0.4 is 10.1 Å². The number of rotatable bonds is 9. The second-order valence-corrected chi connectivity index (χ2v) is 7.87. The molecule has 0 amide bonds. The first kappa shape index (κ1) is 21.8. The SMILES string of the molecule is Cc1nnc(CN=C(NCCc2cccs2)N(C)CCOc2ccc(F)cc2)n1C. The molecule has 0 unspecified atom stereocenters. The standard InChI is InChI=1S/C21H27FN6OS/c1-16-25-26-20(28(16)3)15-24-21(23-11-10-19-5-4-14-30-19)27(2)12-13-29-18-8-6-17(22)7-9-18/h4-9,14H,10-13,15H2,1-3H3,(H,23,24). The number of guanidine groups is 1. The molecule has 2 aromatic heterocycles. The van der Waals surface area contributed by atoms with Crippen molar-refractivity contribution in [2.45, 2.75) is 19.9 Å². The summed E-state index contributed by atoms with van der Waals surface area (Å²) in [5.41, 5.74) is 0. The summed E-state index contributed by atoms with van der Waals surface area (Å²) >= 11 is 1.75. The van der Waals surface area contributed by atoms with Crippen molar-refractivity contribution in [3.05, 3.63) is 64.1 Å². The van der Waals surface area contributed by atoms with Crippen molar-refractivity contribution in [2.75, 3.05) is 26.7 Å². The van der Waals surface area contributed by atoms with Gasteiger partial charge in [0.25, 0.3) is 0 Å². The lowest BCUT2D eigenvalue weighted by Gasteiger charge is -2.22. The van der Waals surface area contributed by atoms with Crippen LogP contribution in [0.3, 0.4) is 0 Å². The summed E-state index contributed by atoms with van der Waals surface area (Å²) < 4.78 is 20.7. The lowest BCUT2D eigenvalue weighted by atomic mass is 10.3.